The van der Waals surface area contributed by atoms with Crippen LogP contribution in [0.5, 0.6) is 0 Å². The summed E-state index contributed by atoms with van der Waals surface area (Å²) in [6.07, 6.45) is 0. The van der Waals surface area contributed by atoms with Crippen molar-refractivity contribution < 1.29 is 9.31 Å². The van der Waals surface area contributed by atoms with Crippen molar-refractivity contribution in [3.05, 3.63) is 42.1 Å². The van der Waals surface area contributed by atoms with Crippen LogP contribution in [0.3, 0.4) is 0 Å². The second kappa shape index (κ2) is 4.35. The van der Waals surface area contributed by atoms with Crippen LogP contribution in [0, 0.1) is 6.92 Å². The minimum atomic E-state index is -0.295. The monoisotopic (exact) mass is 228 g/mol. The SMILES string of the molecule is Cc1cc(B2OCCO2)n(-c2ccccc2)n1. The third-order valence-electron chi connectivity index (χ3n) is 2.72. The van der Waals surface area contributed by atoms with E-state index in [-0.39, 0.29) is 7.12 Å². The van der Waals surface area contributed by atoms with Crippen molar-refractivity contribution >= 4 is 12.7 Å². The number of rotatable bonds is 2. The van der Waals surface area contributed by atoms with E-state index in [4.69, 9.17) is 9.31 Å². The highest BCUT2D eigenvalue weighted by atomic mass is 16.6. The molecule has 86 valence electrons. The predicted octanol–water partition coefficient (Wildman–Crippen LogP) is 0.923. The van der Waals surface area contributed by atoms with Crippen LogP contribution in [-0.4, -0.2) is 30.1 Å². The summed E-state index contributed by atoms with van der Waals surface area (Å²) in [5.74, 6) is 0. The van der Waals surface area contributed by atoms with Crippen molar-refractivity contribution in [2.45, 2.75) is 6.92 Å². The van der Waals surface area contributed by atoms with Gasteiger partial charge in [-0.25, -0.2) is 4.68 Å². The lowest BCUT2D eigenvalue weighted by Crippen LogP contribution is -2.37. The first-order chi connectivity index (χ1) is 8.34. The molecule has 1 saturated heterocycles. The van der Waals surface area contributed by atoms with Crippen molar-refractivity contribution in [1.29, 1.82) is 0 Å². The molecule has 0 bridgehead atoms. The quantitative estimate of drug-likeness (QED) is 0.717. The third kappa shape index (κ3) is 1.99. The predicted molar refractivity (Wildman–Crippen MR) is 65.6 cm³/mol. The van der Waals surface area contributed by atoms with Gasteiger partial charge in [0.25, 0.3) is 0 Å². The lowest BCUT2D eigenvalue weighted by molar-refractivity contribution is 0.365. The minimum absolute atomic E-state index is 0.295. The zero-order valence-corrected chi connectivity index (χ0v) is 9.67. The molecule has 0 saturated carbocycles. The summed E-state index contributed by atoms with van der Waals surface area (Å²) < 4.78 is 12.9. The van der Waals surface area contributed by atoms with Gasteiger partial charge in [-0.3, -0.25) is 0 Å². The first-order valence-electron chi connectivity index (χ1n) is 5.70. The Balaban J connectivity index is 2.04. The summed E-state index contributed by atoms with van der Waals surface area (Å²) in [6, 6.07) is 12.0. The van der Waals surface area contributed by atoms with Crippen molar-refractivity contribution in [3.63, 3.8) is 0 Å². The van der Waals surface area contributed by atoms with E-state index in [1.807, 2.05) is 48.0 Å². The van der Waals surface area contributed by atoms with E-state index in [9.17, 15) is 0 Å². The van der Waals surface area contributed by atoms with Crippen LogP contribution in [0.25, 0.3) is 5.69 Å². The standard InChI is InChI=1S/C12H13BN2O2/c1-10-9-12(13-16-7-8-17-13)15(14-10)11-5-3-2-4-6-11/h2-6,9H,7-8H2,1H3. The molecule has 1 aromatic heterocycles. The highest BCUT2D eigenvalue weighted by molar-refractivity contribution is 6.61. The molecule has 1 aliphatic heterocycles. The molecule has 3 rings (SSSR count). The van der Waals surface area contributed by atoms with Gasteiger partial charge >= 0.3 is 7.12 Å². The lowest BCUT2D eigenvalue weighted by Gasteiger charge is -2.08. The summed E-state index contributed by atoms with van der Waals surface area (Å²) >= 11 is 0. The molecule has 1 aliphatic rings. The molecule has 1 fully saturated rings. The Morgan fingerprint density at radius 1 is 1.18 bits per heavy atom. The highest BCUT2D eigenvalue weighted by Crippen LogP contribution is 2.08. The van der Waals surface area contributed by atoms with Gasteiger partial charge in [-0.1, -0.05) is 18.2 Å². The molecule has 0 amide bonds. The van der Waals surface area contributed by atoms with E-state index in [1.54, 1.807) is 0 Å². The van der Waals surface area contributed by atoms with E-state index in [0.29, 0.717) is 13.2 Å². The summed E-state index contributed by atoms with van der Waals surface area (Å²) in [5, 5.41) is 4.48. The average Bonchev–Trinajstić information content (AvgIpc) is 2.98. The Bertz CT molecular complexity index is 506. The molecule has 2 aromatic rings. The Hall–Kier alpha value is -1.59. The molecule has 0 aliphatic carbocycles. The van der Waals surface area contributed by atoms with Gasteiger partial charge < -0.3 is 9.31 Å². The first-order valence-corrected chi connectivity index (χ1v) is 5.70. The highest BCUT2D eigenvalue weighted by Gasteiger charge is 2.30. The van der Waals surface area contributed by atoms with Crippen molar-refractivity contribution in [2.75, 3.05) is 13.2 Å². The van der Waals surface area contributed by atoms with Gasteiger partial charge in [0.05, 0.1) is 30.2 Å². The molecular weight excluding hydrogens is 215 g/mol. The normalized spacial score (nSPS) is 15.5. The van der Waals surface area contributed by atoms with Crippen molar-refractivity contribution in [2.24, 2.45) is 0 Å². The Labute approximate surface area is 100 Å². The minimum Gasteiger partial charge on any atom is -0.404 e. The second-order valence-electron chi connectivity index (χ2n) is 4.03. The molecule has 2 heterocycles. The Morgan fingerprint density at radius 3 is 2.59 bits per heavy atom. The van der Waals surface area contributed by atoms with Gasteiger partial charge in [0.15, 0.2) is 0 Å². The summed E-state index contributed by atoms with van der Waals surface area (Å²) in [6.45, 7) is 3.26. The van der Waals surface area contributed by atoms with Crippen LogP contribution >= 0.6 is 0 Å². The summed E-state index contributed by atoms with van der Waals surface area (Å²) in [7, 11) is -0.295. The fraction of sp³-hybridized carbons (Fsp3) is 0.250. The molecule has 0 spiro atoms. The van der Waals surface area contributed by atoms with Crippen LogP contribution in [0.4, 0.5) is 0 Å². The van der Waals surface area contributed by atoms with Crippen LogP contribution in [0.2, 0.25) is 0 Å². The molecule has 17 heavy (non-hydrogen) atoms. The third-order valence-corrected chi connectivity index (χ3v) is 2.72. The molecule has 0 unspecified atom stereocenters. The van der Waals surface area contributed by atoms with Gasteiger partial charge in [-0.2, -0.15) is 5.10 Å². The molecule has 0 radical (unpaired) electrons. The summed E-state index contributed by atoms with van der Waals surface area (Å²) in [5.41, 5.74) is 2.93. The first kappa shape index (κ1) is 10.6. The fourth-order valence-corrected chi connectivity index (χ4v) is 1.99. The molecular formula is C12H13BN2O2. The number of aryl methyl sites for hydroxylation is 1. The number of nitrogens with zero attached hydrogens (tertiary/aromatic N) is 2. The number of hydrogen-bond donors (Lipinski definition) is 0. The van der Waals surface area contributed by atoms with E-state index < -0.39 is 0 Å². The second-order valence-corrected chi connectivity index (χ2v) is 4.03. The zero-order valence-electron chi connectivity index (χ0n) is 9.67. The summed E-state index contributed by atoms with van der Waals surface area (Å²) in [4.78, 5) is 0. The number of hydrogen-bond acceptors (Lipinski definition) is 3. The van der Waals surface area contributed by atoms with E-state index in [1.165, 1.54) is 0 Å². The van der Waals surface area contributed by atoms with Gasteiger partial charge in [-0.15, -0.1) is 0 Å². The molecule has 0 N–H and O–H groups in total. The molecule has 0 atom stereocenters. The van der Waals surface area contributed by atoms with Gasteiger partial charge in [0.1, 0.15) is 0 Å². The van der Waals surface area contributed by atoms with Crippen LogP contribution in [0.15, 0.2) is 36.4 Å². The number of benzene rings is 1. The number of para-hydroxylation sites is 1. The van der Waals surface area contributed by atoms with E-state index in [0.717, 1.165) is 17.0 Å². The molecule has 1 aromatic carbocycles. The average molecular weight is 228 g/mol. The largest absolute Gasteiger partial charge is 0.513 e. The Kier molecular flexibility index (Phi) is 2.70. The van der Waals surface area contributed by atoms with E-state index >= 15 is 0 Å². The smallest absolute Gasteiger partial charge is 0.404 e. The van der Waals surface area contributed by atoms with Gasteiger partial charge in [0.2, 0.25) is 0 Å². The maximum Gasteiger partial charge on any atom is 0.513 e. The fourth-order valence-electron chi connectivity index (χ4n) is 1.99. The van der Waals surface area contributed by atoms with Crippen LogP contribution in [-0.2, 0) is 9.31 Å². The topological polar surface area (TPSA) is 36.3 Å². The number of aromatic nitrogens is 2. The van der Waals surface area contributed by atoms with Crippen LogP contribution in [0.1, 0.15) is 5.69 Å². The van der Waals surface area contributed by atoms with E-state index in [2.05, 4.69) is 5.10 Å². The maximum absolute atomic E-state index is 5.53. The van der Waals surface area contributed by atoms with Crippen molar-refractivity contribution in [1.82, 2.24) is 9.78 Å². The molecule has 4 nitrogen and oxygen atoms in total. The van der Waals surface area contributed by atoms with Crippen LogP contribution < -0.4 is 5.59 Å². The molecule has 5 heteroatoms. The van der Waals surface area contributed by atoms with Gasteiger partial charge in [-0.05, 0) is 25.1 Å². The Morgan fingerprint density at radius 2 is 1.88 bits per heavy atom. The lowest BCUT2D eigenvalue weighted by atomic mass is 9.84. The van der Waals surface area contributed by atoms with Crippen molar-refractivity contribution in [3.8, 4) is 5.69 Å². The van der Waals surface area contributed by atoms with Gasteiger partial charge in [0, 0.05) is 0 Å². The zero-order chi connectivity index (χ0) is 11.7. The maximum atomic E-state index is 5.53.